The van der Waals surface area contributed by atoms with Gasteiger partial charge < -0.3 is 5.73 Å². The summed E-state index contributed by atoms with van der Waals surface area (Å²) in [5, 5.41) is 0. The number of aromatic nitrogens is 2. The van der Waals surface area contributed by atoms with Gasteiger partial charge in [0.2, 0.25) is 0 Å². The minimum atomic E-state index is -4.68. The third-order valence-electron chi connectivity index (χ3n) is 2.44. The maximum Gasteiger partial charge on any atom is 0.435 e. The van der Waals surface area contributed by atoms with E-state index in [-0.39, 0.29) is 4.96 Å². The van der Waals surface area contributed by atoms with Gasteiger partial charge in [0.1, 0.15) is 5.69 Å². The fourth-order valence-corrected chi connectivity index (χ4v) is 2.54. The van der Waals surface area contributed by atoms with Gasteiger partial charge in [0.15, 0.2) is 10.7 Å². The Kier molecular flexibility index (Phi) is 2.42. The molecule has 0 atom stereocenters. The molecule has 2 heterocycles. The van der Waals surface area contributed by atoms with Crippen molar-refractivity contribution in [1.82, 2.24) is 9.38 Å². The molecule has 0 aliphatic heterocycles. The van der Waals surface area contributed by atoms with Crippen molar-refractivity contribution in [2.75, 3.05) is 0 Å². The van der Waals surface area contributed by atoms with Gasteiger partial charge >= 0.3 is 6.18 Å². The van der Waals surface area contributed by atoms with Gasteiger partial charge in [-0.05, 0) is 13.8 Å². The number of carbonyl (C=O) groups is 1. The number of rotatable bonds is 1. The Bertz CT molecular complexity index is 611. The van der Waals surface area contributed by atoms with Gasteiger partial charge in [-0.2, -0.15) is 13.2 Å². The monoisotopic (exact) mass is 263 g/mol. The van der Waals surface area contributed by atoms with Crippen LogP contribution in [0.15, 0.2) is 0 Å². The smallest absolute Gasteiger partial charge is 0.364 e. The largest absolute Gasteiger partial charge is 0.435 e. The third kappa shape index (κ3) is 1.68. The first-order valence-corrected chi connectivity index (χ1v) is 5.40. The van der Waals surface area contributed by atoms with Crippen LogP contribution in [0.2, 0.25) is 0 Å². The molecule has 0 radical (unpaired) electrons. The number of hydrogen-bond acceptors (Lipinski definition) is 3. The Balaban J connectivity index is 2.89. The topological polar surface area (TPSA) is 60.4 Å². The standard InChI is InChI=1S/C9H8F3N3OS/c1-3-4(2)17-8-14-6(9(10,11)12)5(7(13)16)15(3)8/h1-2H3,(H2,13,16). The second kappa shape index (κ2) is 3.46. The van der Waals surface area contributed by atoms with Crippen molar-refractivity contribution < 1.29 is 18.0 Å². The van der Waals surface area contributed by atoms with Crippen LogP contribution in [-0.4, -0.2) is 15.3 Å². The van der Waals surface area contributed by atoms with Crippen LogP contribution in [0.4, 0.5) is 13.2 Å². The van der Waals surface area contributed by atoms with Gasteiger partial charge in [0.05, 0.1) is 0 Å². The van der Waals surface area contributed by atoms with E-state index in [0.29, 0.717) is 5.69 Å². The van der Waals surface area contributed by atoms with E-state index in [0.717, 1.165) is 20.6 Å². The highest BCUT2D eigenvalue weighted by Crippen LogP contribution is 2.34. The highest BCUT2D eigenvalue weighted by atomic mass is 32.1. The Labute approximate surface area is 97.9 Å². The first kappa shape index (κ1) is 11.9. The highest BCUT2D eigenvalue weighted by molar-refractivity contribution is 7.17. The average Bonchev–Trinajstić information content (AvgIpc) is 2.65. The molecule has 0 spiro atoms. The predicted molar refractivity (Wildman–Crippen MR) is 56.1 cm³/mol. The molecule has 2 aromatic heterocycles. The molecule has 8 heteroatoms. The molecule has 0 bridgehead atoms. The Morgan fingerprint density at radius 3 is 2.47 bits per heavy atom. The number of fused-ring (bicyclic) bond motifs is 1. The predicted octanol–water partition coefficient (Wildman–Crippen LogP) is 2.13. The highest BCUT2D eigenvalue weighted by Gasteiger charge is 2.40. The minimum Gasteiger partial charge on any atom is -0.364 e. The lowest BCUT2D eigenvalue weighted by Gasteiger charge is -2.05. The van der Waals surface area contributed by atoms with Crippen molar-refractivity contribution >= 4 is 22.2 Å². The summed E-state index contributed by atoms with van der Waals surface area (Å²) in [4.78, 5) is 15.5. The summed E-state index contributed by atoms with van der Waals surface area (Å²) in [6, 6.07) is 0. The fourth-order valence-electron chi connectivity index (χ4n) is 1.57. The number of amides is 1. The molecule has 0 saturated heterocycles. The van der Waals surface area contributed by atoms with Gasteiger partial charge in [-0.15, -0.1) is 11.3 Å². The average molecular weight is 263 g/mol. The summed E-state index contributed by atoms with van der Waals surface area (Å²) < 4.78 is 39.2. The lowest BCUT2D eigenvalue weighted by atomic mass is 10.3. The molecule has 0 saturated carbocycles. The van der Waals surface area contributed by atoms with Crippen LogP contribution in [-0.2, 0) is 6.18 Å². The normalized spacial score (nSPS) is 12.3. The number of imidazole rings is 1. The third-order valence-corrected chi connectivity index (χ3v) is 3.50. The number of alkyl halides is 3. The van der Waals surface area contributed by atoms with E-state index in [1.165, 1.54) is 0 Å². The molecule has 1 amide bonds. The van der Waals surface area contributed by atoms with Crippen LogP contribution in [0.3, 0.4) is 0 Å². The molecule has 92 valence electrons. The summed E-state index contributed by atoms with van der Waals surface area (Å²) in [6.07, 6.45) is -4.68. The van der Waals surface area contributed by atoms with Gasteiger partial charge in [0, 0.05) is 10.6 Å². The molecular formula is C9H8F3N3OS. The number of halogens is 3. The first-order chi connectivity index (χ1) is 7.73. The quantitative estimate of drug-likeness (QED) is 0.856. The molecule has 2 aromatic rings. The van der Waals surface area contributed by atoms with E-state index in [1.807, 2.05) is 0 Å². The van der Waals surface area contributed by atoms with Crippen molar-refractivity contribution in [3.8, 4) is 0 Å². The molecule has 0 aliphatic carbocycles. The summed E-state index contributed by atoms with van der Waals surface area (Å²) >= 11 is 1.09. The molecule has 4 nitrogen and oxygen atoms in total. The van der Waals surface area contributed by atoms with Crippen molar-refractivity contribution in [3.05, 3.63) is 22.0 Å². The summed E-state index contributed by atoms with van der Waals surface area (Å²) in [7, 11) is 0. The van der Waals surface area contributed by atoms with E-state index < -0.39 is 23.5 Å². The second-order valence-corrected chi connectivity index (χ2v) is 4.71. The van der Waals surface area contributed by atoms with Crippen molar-refractivity contribution in [3.63, 3.8) is 0 Å². The Hall–Kier alpha value is -1.57. The lowest BCUT2D eigenvalue weighted by molar-refractivity contribution is -0.141. The zero-order valence-electron chi connectivity index (χ0n) is 8.92. The van der Waals surface area contributed by atoms with Gasteiger partial charge in [0.25, 0.3) is 5.91 Å². The van der Waals surface area contributed by atoms with E-state index in [9.17, 15) is 18.0 Å². The van der Waals surface area contributed by atoms with Crippen molar-refractivity contribution in [2.24, 2.45) is 5.73 Å². The van der Waals surface area contributed by atoms with Crippen LogP contribution in [0.1, 0.15) is 26.8 Å². The summed E-state index contributed by atoms with van der Waals surface area (Å²) in [6.45, 7) is 3.36. The number of nitrogens with two attached hydrogens (primary N) is 1. The number of hydrogen-bond donors (Lipinski definition) is 1. The van der Waals surface area contributed by atoms with E-state index in [4.69, 9.17) is 5.73 Å². The molecular weight excluding hydrogens is 255 g/mol. The van der Waals surface area contributed by atoms with Gasteiger partial charge in [-0.25, -0.2) is 4.98 Å². The zero-order chi connectivity index (χ0) is 13.0. The van der Waals surface area contributed by atoms with Crippen LogP contribution >= 0.6 is 11.3 Å². The van der Waals surface area contributed by atoms with Gasteiger partial charge in [-0.3, -0.25) is 9.20 Å². The minimum absolute atomic E-state index is 0.126. The Morgan fingerprint density at radius 2 is 2.00 bits per heavy atom. The second-order valence-electron chi connectivity index (χ2n) is 3.53. The van der Waals surface area contributed by atoms with E-state index >= 15 is 0 Å². The molecule has 0 aromatic carbocycles. The van der Waals surface area contributed by atoms with E-state index in [1.54, 1.807) is 13.8 Å². The van der Waals surface area contributed by atoms with E-state index in [2.05, 4.69) is 4.98 Å². The SMILES string of the molecule is Cc1sc2nc(C(F)(F)F)c(C(N)=O)n2c1C. The number of thiazole rings is 1. The molecule has 0 fully saturated rings. The maximum atomic E-state index is 12.7. The summed E-state index contributed by atoms with van der Waals surface area (Å²) in [5.41, 5.74) is 3.72. The van der Waals surface area contributed by atoms with Gasteiger partial charge in [-0.1, -0.05) is 0 Å². The van der Waals surface area contributed by atoms with Crippen LogP contribution < -0.4 is 5.73 Å². The van der Waals surface area contributed by atoms with Crippen molar-refractivity contribution in [2.45, 2.75) is 20.0 Å². The first-order valence-electron chi connectivity index (χ1n) is 4.59. The molecule has 0 unspecified atom stereocenters. The number of nitrogens with zero attached hydrogens (tertiary/aromatic N) is 2. The van der Waals surface area contributed by atoms with Crippen LogP contribution in [0, 0.1) is 13.8 Å². The lowest BCUT2D eigenvalue weighted by Crippen LogP contribution is -2.20. The van der Waals surface area contributed by atoms with Crippen LogP contribution in [0.5, 0.6) is 0 Å². The van der Waals surface area contributed by atoms with Crippen LogP contribution in [0.25, 0.3) is 4.96 Å². The zero-order valence-corrected chi connectivity index (χ0v) is 9.74. The molecule has 2 N–H and O–H groups in total. The molecule has 17 heavy (non-hydrogen) atoms. The summed E-state index contributed by atoms with van der Waals surface area (Å²) in [5.74, 6) is -1.13. The number of carbonyl (C=O) groups excluding carboxylic acids is 1. The maximum absolute atomic E-state index is 12.7. The fraction of sp³-hybridized carbons (Fsp3) is 0.333. The Morgan fingerprint density at radius 1 is 1.41 bits per heavy atom. The molecule has 2 rings (SSSR count). The van der Waals surface area contributed by atoms with Crippen molar-refractivity contribution in [1.29, 1.82) is 0 Å². The molecule has 0 aliphatic rings. The number of aryl methyl sites for hydroxylation is 2. The number of primary amides is 1.